The Morgan fingerprint density at radius 1 is 1.20 bits per heavy atom. The zero-order valence-electron chi connectivity index (χ0n) is 7.42. The van der Waals surface area contributed by atoms with Gasteiger partial charge in [0.25, 0.3) is 0 Å². The van der Waals surface area contributed by atoms with E-state index in [1.54, 1.807) is 14.2 Å². The third-order valence-corrected chi connectivity index (χ3v) is 1.67. The fraction of sp³-hybridized carbons (Fsp3) is 1.00. The minimum atomic E-state index is -0.130. The normalized spacial score (nSPS) is 14.6. The molecular weight excluding hydrogens is 129 g/mol. The summed E-state index contributed by atoms with van der Waals surface area (Å²) in [5, 5.41) is 0. The van der Waals surface area contributed by atoms with Crippen molar-refractivity contribution in [2.75, 3.05) is 28.3 Å². The summed E-state index contributed by atoms with van der Waals surface area (Å²) in [4.78, 5) is 2.05. The van der Waals surface area contributed by atoms with Crippen LogP contribution in [0.1, 0.15) is 0 Å². The first-order valence-corrected chi connectivity index (χ1v) is 3.35. The monoisotopic (exact) mass is 145 g/mol. The zero-order valence-corrected chi connectivity index (χ0v) is 7.42. The summed E-state index contributed by atoms with van der Waals surface area (Å²) in [6.45, 7) is 0. The molecular formula is C6H16BNO2. The van der Waals surface area contributed by atoms with Crippen molar-refractivity contribution in [3.05, 3.63) is 0 Å². The highest BCUT2D eigenvalue weighted by Crippen LogP contribution is 1.99. The summed E-state index contributed by atoms with van der Waals surface area (Å²) < 4.78 is 10.1. The Kier molecular flexibility index (Phi) is 4.69. The maximum absolute atomic E-state index is 5.06. The van der Waals surface area contributed by atoms with E-state index >= 15 is 0 Å². The van der Waals surface area contributed by atoms with Crippen LogP contribution in [0.3, 0.4) is 0 Å². The summed E-state index contributed by atoms with van der Waals surface area (Å²) in [5.74, 6) is 0.287. The van der Waals surface area contributed by atoms with Crippen molar-refractivity contribution in [1.82, 2.24) is 4.90 Å². The summed E-state index contributed by atoms with van der Waals surface area (Å²) in [6.07, 6.45) is -0.130. The number of rotatable bonds is 4. The lowest BCUT2D eigenvalue weighted by atomic mass is 9.95. The lowest BCUT2D eigenvalue weighted by Gasteiger charge is -2.26. The van der Waals surface area contributed by atoms with Crippen molar-refractivity contribution in [1.29, 1.82) is 0 Å². The minimum Gasteiger partial charge on any atom is -0.355 e. The molecule has 0 aromatic heterocycles. The van der Waals surface area contributed by atoms with Gasteiger partial charge < -0.3 is 14.4 Å². The van der Waals surface area contributed by atoms with E-state index in [-0.39, 0.29) is 12.2 Å². The Bertz CT molecular complexity index is 85.8. The van der Waals surface area contributed by atoms with E-state index in [0.717, 1.165) is 0 Å². The molecule has 0 aliphatic carbocycles. The van der Waals surface area contributed by atoms with Gasteiger partial charge in [-0.2, -0.15) is 0 Å². The van der Waals surface area contributed by atoms with Gasteiger partial charge in [-0.15, -0.1) is 0 Å². The number of likely N-dealkylation sites (N-methyl/N-ethyl adjacent to an activating group) is 1. The first kappa shape index (κ1) is 9.94. The quantitative estimate of drug-likeness (QED) is 0.379. The van der Waals surface area contributed by atoms with Gasteiger partial charge in [0.05, 0.1) is 0 Å². The molecule has 0 rings (SSSR count). The first-order chi connectivity index (χ1) is 4.63. The highest BCUT2D eigenvalue weighted by Gasteiger charge is 2.16. The molecule has 0 aliphatic rings. The smallest absolute Gasteiger partial charge is 0.164 e. The Labute approximate surface area is 63.7 Å². The van der Waals surface area contributed by atoms with Gasteiger partial charge >= 0.3 is 0 Å². The van der Waals surface area contributed by atoms with Gasteiger partial charge in [0.1, 0.15) is 7.85 Å². The van der Waals surface area contributed by atoms with Crippen molar-refractivity contribution >= 4 is 7.85 Å². The van der Waals surface area contributed by atoms with Crippen LogP contribution >= 0.6 is 0 Å². The summed E-state index contributed by atoms with van der Waals surface area (Å²) in [5.41, 5.74) is 0. The molecule has 1 unspecified atom stereocenters. The molecule has 0 aromatic rings. The molecule has 60 valence electrons. The van der Waals surface area contributed by atoms with Crippen molar-refractivity contribution in [2.24, 2.45) is 0 Å². The molecule has 0 bridgehead atoms. The molecule has 0 N–H and O–H groups in total. The molecule has 0 saturated heterocycles. The molecule has 0 heterocycles. The average molecular weight is 145 g/mol. The molecule has 0 aliphatic heterocycles. The van der Waals surface area contributed by atoms with Crippen LogP contribution in [0, 0.1) is 0 Å². The number of methoxy groups -OCH3 is 2. The van der Waals surface area contributed by atoms with Crippen LogP contribution < -0.4 is 0 Å². The molecule has 0 fully saturated rings. The highest BCUT2D eigenvalue weighted by molar-refractivity contribution is 6.12. The van der Waals surface area contributed by atoms with Gasteiger partial charge in [-0.25, -0.2) is 0 Å². The molecule has 0 spiro atoms. The van der Waals surface area contributed by atoms with Crippen LogP contribution in [0.25, 0.3) is 0 Å². The van der Waals surface area contributed by atoms with E-state index in [9.17, 15) is 0 Å². The van der Waals surface area contributed by atoms with E-state index in [1.807, 2.05) is 14.1 Å². The standard InChI is InChI=1S/C6H16BNO2/c1-8(2)5(7)6(9-3)10-4/h5-6H,7H2,1-4H3. The average Bonchev–Trinajstić information content (AvgIpc) is 1.90. The summed E-state index contributed by atoms with van der Waals surface area (Å²) in [7, 11) is 9.34. The topological polar surface area (TPSA) is 21.7 Å². The van der Waals surface area contributed by atoms with Gasteiger partial charge in [-0.05, 0) is 14.1 Å². The molecule has 0 saturated carbocycles. The second kappa shape index (κ2) is 4.71. The van der Waals surface area contributed by atoms with Crippen molar-refractivity contribution in [2.45, 2.75) is 12.2 Å². The van der Waals surface area contributed by atoms with Crippen molar-refractivity contribution in [3.8, 4) is 0 Å². The van der Waals surface area contributed by atoms with Crippen LogP contribution in [-0.4, -0.2) is 53.3 Å². The van der Waals surface area contributed by atoms with Gasteiger partial charge in [0.2, 0.25) is 0 Å². The van der Waals surface area contributed by atoms with Gasteiger partial charge in [-0.1, -0.05) is 0 Å². The Morgan fingerprint density at radius 3 is 1.70 bits per heavy atom. The van der Waals surface area contributed by atoms with Crippen molar-refractivity contribution < 1.29 is 9.47 Å². The molecule has 0 amide bonds. The molecule has 0 aromatic carbocycles. The van der Waals surface area contributed by atoms with Crippen LogP contribution in [0.5, 0.6) is 0 Å². The predicted molar refractivity (Wildman–Crippen MR) is 43.8 cm³/mol. The Balaban J connectivity index is 3.76. The second-order valence-corrected chi connectivity index (χ2v) is 2.54. The maximum atomic E-state index is 5.06. The maximum Gasteiger partial charge on any atom is 0.164 e. The van der Waals surface area contributed by atoms with Gasteiger partial charge in [0.15, 0.2) is 6.29 Å². The lowest BCUT2D eigenvalue weighted by molar-refractivity contribution is -0.122. The highest BCUT2D eigenvalue weighted by atomic mass is 16.7. The lowest BCUT2D eigenvalue weighted by Crippen LogP contribution is -2.41. The largest absolute Gasteiger partial charge is 0.355 e. The van der Waals surface area contributed by atoms with E-state index in [4.69, 9.17) is 9.47 Å². The number of hydrogen-bond acceptors (Lipinski definition) is 3. The number of ether oxygens (including phenoxy) is 2. The first-order valence-electron chi connectivity index (χ1n) is 3.35. The second-order valence-electron chi connectivity index (χ2n) is 2.54. The fourth-order valence-corrected chi connectivity index (χ4v) is 0.734. The molecule has 0 radical (unpaired) electrons. The SMILES string of the molecule is BC(C(OC)OC)N(C)C. The Hall–Kier alpha value is -0.0551. The zero-order chi connectivity index (χ0) is 8.15. The third kappa shape index (κ3) is 2.69. The Morgan fingerprint density at radius 2 is 1.60 bits per heavy atom. The van der Waals surface area contributed by atoms with Crippen molar-refractivity contribution in [3.63, 3.8) is 0 Å². The van der Waals surface area contributed by atoms with Gasteiger partial charge in [-0.3, -0.25) is 0 Å². The van der Waals surface area contributed by atoms with Crippen LogP contribution in [0.4, 0.5) is 0 Å². The summed E-state index contributed by atoms with van der Waals surface area (Å²) >= 11 is 0. The molecule has 10 heavy (non-hydrogen) atoms. The van der Waals surface area contributed by atoms with E-state index in [2.05, 4.69) is 12.7 Å². The molecule has 4 heteroatoms. The third-order valence-electron chi connectivity index (χ3n) is 1.67. The summed E-state index contributed by atoms with van der Waals surface area (Å²) in [6, 6.07) is 0. The predicted octanol–water partition coefficient (Wildman–Crippen LogP) is -0.874. The fourth-order valence-electron chi connectivity index (χ4n) is 0.734. The van der Waals surface area contributed by atoms with E-state index in [0.29, 0.717) is 0 Å². The van der Waals surface area contributed by atoms with E-state index in [1.165, 1.54) is 0 Å². The number of nitrogens with zero attached hydrogens (tertiary/aromatic N) is 1. The van der Waals surface area contributed by atoms with Crippen LogP contribution in [-0.2, 0) is 9.47 Å². The van der Waals surface area contributed by atoms with Crippen LogP contribution in [0.2, 0.25) is 0 Å². The number of hydrogen-bond donors (Lipinski definition) is 0. The van der Waals surface area contributed by atoms with E-state index < -0.39 is 0 Å². The molecule has 3 nitrogen and oxygen atoms in total. The minimum absolute atomic E-state index is 0.130. The van der Waals surface area contributed by atoms with Crippen LogP contribution in [0.15, 0.2) is 0 Å². The molecule has 1 atom stereocenters. The van der Waals surface area contributed by atoms with Gasteiger partial charge in [0, 0.05) is 20.2 Å².